The maximum Gasteiger partial charge on any atom is 0.318 e. The number of carboxylic acids is 1. The first kappa shape index (κ1) is 23.4. The van der Waals surface area contributed by atoms with Gasteiger partial charge in [-0.3, -0.25) is 4.79 Å². The van der Waals surface area contributed by atoms with Crippen LogP contribution in [0.4, 0.5) is 11.6 Å². The van der Waals surface area contributed by atoms with Crippen LogP contribution in [0, 0.1) is 0 Å². The van der Waals surface area contributed by atoms with Crippen molar-refractivity contribution in [2.45, 2.75) is 4.90 Å². The second-order valence-corrected chi connectivity index (χ2v) is 9.38. The SMILES string of the molecule is O=C(O)CNS(=O)(=O)c1ccc(Nc2ncc(Cl)c(-c3cccc(-c4ccccc4)c3)n2)cc1. The fraction of sp³-hybridized carbons (Fsp3) is 0.0417. The molecule has 0 saturated carbocycles. The number of nitrogens with one attached hydrogen (secondary N) is 2. The van der Waals surface area contributed by atoms with Crippen LogP contribution in [-0.4, -0.2) is 36.0 Å². The van der Waals surface area contributed by atoms with E-state index in [2.05, 4.69) is 15.3 Å². The average Bonchev–Trinajstić information content (AvgIpc) is 2.85. The summed E-state index contributed by atoms with van der Waals surface area (Å²) in [6, 6.07) is 23.6. The number of rotatable bonds is 8. The van der Waals surface area contributed by atoms with Crippen molar-refractivity contribution in [2.24, 2.45) is 0 Å². The lowest BCUT2D eigenvalue weighted by Crippen LogP contribution is -2.29. The van der Waals surface area contributed by atoms with E-state index >= 15 is 0 Å². The Bertz CT molecular complexity index is 1430. The summed E-state index contributed by atoms with van der Waals surface area (Å²) in [6.07, 6.45) is 1.50. The highest BCUT2D eigenvalue weighted by Gasteiger charge is 2.15. The van der Waals surface area contributed by atoms with Gasteiger partial charge in [-0.25, -0.2) is 18.4 Å². The molecule has 0 spiro atoms. The highest BCUT2D eigenvalue weighted by atomic mass is 35.5. The molecule has 0 radical (unpaired) electrons. The molecule has 0 aliphatic carbocycles. The maximum atomic E-state index is 12.1. The van der Waals surface area contributed by atoms with Crippen LogP contribution in [0.2, 0.25) is 5.02 Å². The molecule has 1 aromatic heterocycles. The van der Waals surface area contributed by atoms with Gasteiger partial charge < -0.3 is 10.4 Å². The van der Waals surface area contributed by atoms with E-state index in [-0.39, 0.29) is 10.8 Å². The van der Waals surface area contributed by atoms with Gasteiger partial charge >= 0.3 is 5.97 Å². The predicted octanol–water partition coefficient (Wildman–Crippen LogP) is 4.57. The minimum absolute atomic E-state index is 0.0604. The summed E-state index contributed by atoms with van der Waals surface area (Å²) < 4.78 is 26.3. The van der Waals surface area contributed by atoms with Crippen molar-refractivity contribution in [3.63, 3.8) is 0 Å². The molecule has 10 heteroatoms. The van der Waals surface area contributed by atoms with E-state index in [1.54, 1.807) is 0 Å². The molecule has 0 aliphatic heterocycles. The van der Waals surface area contributed by atoms with Crippen molar-refractivity contribution in [1.82, 2.24) is 14.7 Å². The first-order valence-corrected chi connectivity index (χ1v) is 11.9. The van der Waals surface area contributed by atoms with E-state index in [4.69, 9.17) is 16.7 Å². The number of sulfonamides is 1. The molecular formula is C24H19ClN4O4S. The lowest BCUT2D eigenvalue weighted by molar-refractivity contribution is -0.135. The van der Waals surface area contributed by atoms with Crippen LogP contribution in [0.3, 0.4) is 0 Å². The summed E-state index contributed by atoms with van der Waals surface area (Å²) in [4.78, 5) is 19.3. The number of carbonyl (C=O) groups is 1. The molecule has 0 fully saturated rings. The summed E-state index contributed by atoms with van der Waals surface area (Å²) in [5, 5.41) is 12.1. The molecule has 0 bridgehead atoms. The van der Waals surface area contributed by atoms with Crippen LogP contribution in [0.15, 0.2) is 90.0 Å². The molecule has 0 amide bonds. The first-order chi connectivity index (χ1) is 16.3. The molecule has 1 heterocycles. The first-order valence-electron chi connectivity index (χ1n) is 10.1. The smallest absolute Gasteiger partial charge is 0.318 e. The van der Waals surface area contributed by atoms with Gasteiger partial charge in [0, 0.05) is 11.3 Å². The van der Waals surface area contributed by atoms with Gasteiger partial charge in [-0.15, -0.1) is 0 Å². The third-order valence-electron chi connectivity index (χ3n) is 4.82. The van der Waals surface area contributed by atoms with Crippen LogP contribution < -0.4 is 10.0 Å². The third-order valence-corrected chi connectivity index (χ3v) is 6.52. The summed E-state index contributed by atoms with van der Waals surface area (Å²) in [6.45, 7) is -0.699. The van der Waals surface area contributed by atoms with E-state index in [1.165, 1.54) is 30.5 Å². The molecule has 3 aromatic carbocycles. The molecule has 3 N–H and O–H groups in total. The van der Waals surface area contributed by atoms with E-state index in [0.29, 0.717) is 16.4 Å². The van der Waals surface area contributed by atoms with Gasteiger partial charge in [-0.2, -0.15) is 4.72 Å². The third kappa shape index (κ3) is 5.57. The number of hydrogen-bond donors (Lipinski definition) is 3. The Labute approximate surface area is 201 Å². The lowest BCUT2D eigenvalue weighted by atomic mass is 10.0. The average molecular weight is 495 g/mol. The second-order valence-electron chi connectivity index (χ2n) is 7.20. The fourth-order valence-corrected chi connectivity index (χ4v) is 4.37. The summed E-state index contributed by atoms with van der Waals surface area (Å²) >= 11 is 6.39. The van der Waals surface area contributed by atoms with Crippen molar-refractivity contribution in [3.8, 4) is 22.4 Å². The van der Waals surface area contributed by atoms with Crippen molar-refractivity contribution in [3.05, 3.63) is 90.1 Å². The number of anilines is 2. The normalized spacial score (nSPS) is 11.2. The molecular weight excluding hydrogens is 476 g/mol. The van der Waals surface area contributed by atoms with E-state index in [9.17, 15) is 13.2 Å². The van der Waals surface area contributed by atoms with Gasteiger partial charge in [0.05, 0.1) is 21.8 Å². The zero-order valence-corrected chi connectivity index (χ0v) is 19.2. The van der Waals surface area contributed by atoms with Crippen molar-refractivity contribution in [1.29, 1.82) is 0 Å². The van der Waals surface area contributed by atoms with Gasteiger partial charge in [0.2, 0.25) is 16.0 Å². The summed E-state index contributed by atoms with van der Waals surface area (Å²) in [7, 11) is -3.93. The van der Waals surface area contributed by atoms with Gasteiger partial charge in [0.25, 0.3) is 0 Å². The Morgan fingerprint density at radius 2 is 1.59 bits per heavy atom. The number of halogens is 1. The molecule has 0 atom stereocenters. The van der Waals surface area contributed by atoms with Crippen LogP contribution in [0.1, 0.15) is 0 Å². The number of benzene rings is 3. The van der Waals surface area contributed by atoms with E-state index in [1.807, 2.05) is 59.3 Å². The summed E-state index contributed by atoms with van der Waals surface area (Å²) in [5.41, 5.74) is 4.01. The van der Waals surface area contributed by atoms with Gasteiger partial charge in [0.1, 0.15) is 6.54 Å². The van der Waals surface area contributed by atoms with Crippen molar-refractivity contribution in [2.75, 3.05) is 11.9 Å². The quantitative estimate of drug-likeness (QED) is 0.328. The standard InChI is InChI=1S/C24H19ClN4O4S/c25-21-14-26-24(28-19-9-11-20(12-10-19)34(32,33)27-15-22(30)31)29-23(21)18-8-4-7-17(13-18)16-5-2-1-3-6-16/h1-14,27H,15H2,(H,30,31)(H,26,28,29). The molecule has 0 aliphatic rings. The minimum Gasteiger partial charge on any atom is -0.480 e. The molecule has 0 saturated heterocycles. The molecule has 0 unspecified atom stereocenters. The van der Waals surface area contributed by atoms with Gasteiger partial charge in [-0.1, -0.05) is 60.1 Å². The van der Waals surface area contributed by atoms with Crippen LogP contribution >= 0.6 is 11.6 Å². The highest BCUT2D eigenvalue weighted by Crippen LogP contribution is 2.30. The zero-order chi connectivity index (χ0) is 24.1. The molecule has 34 heavy (non-hydrogen) atoms. The zero-order valence-electron chi connectivity index (χ0n) is 17.6. The summed E-state index contributed by atoms with van der Waals surface area (Å²) in [5.74, 6) is -0.990. The molecule has 172 valence electrons. The Morgan fingerprint density at radius 3 is 2.29 bits per heavy atom. The van der Waals surface area contributed by atoms with Crippen LogP contribution in [0.5, 0.6) is 0 Å². The lowest BCUT2D eigenvalue weighted by Gasteiger charge is -2.10. The van der Waals surface area contributed by atoms with Crippen molar-refractivity contribution >= 4 is 39.2 Å². The monoisotopic (exact) mass is 494 g/mol. The predicted molar refractivity (Wildman–Crippen MR) is 130 cm³/mol. The Balaban J connectivity index is 1.56. The topological polar surface area (TPSA) is 121 Å². The number of carboxylic acid groups (broad SMARTS) is 1. The van der Waals surface area contributed by atoms with Crippen molar-refractivity contribution < 1.29 is 18.3 Å². The number of nitrogens with zero attached hydrogens (tertiary/aromatic N) is 2. The number of aromatic nitrogens is 2. The van der Waals surface area contributed by atoms with E-state index < -0.39 is 22.5 Å². The molecule has 4 rings (SSSR count). The maximum absolute atomic E-state index is 12.1. The minimum atomic E-state index is -3.93. The largest absolute Gasteiger partial charge is 0.480 e. The number of aliphatic carboxylic acids is 1. The second kappa shape index (κ2) is 10.0. The Morgan fingerprint density at radius 1 is 0.912 bits per heavy atom. The molecule has 8 nitrogen and oxygen atoms in total. The van der Waals surface area contributed by atoms with Crippen LogP contribution in [0.25, 0.3) is 22.4 Å². The molecule has 4 aromatic rings. The fourth-order valence-electron chi connectivity index (χ4n) is 3.19. The van der Waals surface area contributed by atoms with Gasteiger partial charge in [-0.05, 0) is 41.5 Å². The Hall–Kier alpha value is -3.79. The van der Waals surface area contributed by atoms with Gasteiger partial charge in [0.15, 0.2) is 0 Å². The van der Waals surface area contributed by atoms with E-state index in [0.717, 1.165) is 16.7 Å². The Kier molecular flexibility index (Phi) is 6.87. The highest BCUT2D eigenvalue weighted by molar-refractivity contribution is 7.89. The van der Waals surface area contributed by atoms with Crippen LogP contribution in [-0.2, 0) is 14.8 Å². The number of hydrogen-bond acceptors (Lipinski definition) is 6.